The highest BCUT2D eigenvalue weighted by Crippen LogP contribution is 2.33. The lowest BCUT2D eigenvalue weighted by molar-refractivity contribution is 0.0177. The minimum absolute atomic E-state index is 0.0146. The fraction of sp³-hybridized carbons (Fsp3) is 0.571. The Kier molecular flexibility index (Phi) is 3.60. The minimum Gasteiger partial charge on any atom is -0.381 e. The van der Waals surface area contributed by atoms with Crippen LogP contribution in [0.5, 0.6) is 0 Å². The Labute approximate surface area is 123 Å². The van der Waals surface area contributed by atoms with Gasteiger partial charge in [0.15, 0.2) is 0 Å². The van der Waals surface area contributed by atoms with Crippen LogP contribution >= 0.6 is 12.6 Å². The van der Waals surface area contributed by atoms with E-state index in [2.05, 4.69) is 17.7 Å². The predicted molar refractivity (Wildman–Crippen MR) is 80.5 cm³/mol. The number of thiol groups is 1. The first-order chi connectivity index (χ1) is 9.63. The second kappa shape index (κ2) is 5.26. The maximum absolute atomic E-state index is 12.5. The van der Waals surface area contributed by atoms with E-state index >= 15 is 0 Å². The van der Waals surface area contributed by atoms with Crippen LogP contribution in [0.2, 0.25) is 0 Å². The summed E-state index contributed by atoms with van der Waals surface area (Å²) in [7, 11) is 0. The van der Waals surface area contributed by atoms with Crippen LogP contribution in [0, 0.1) is 12.3 Å². The number of fused-ring (bicyclic) bond motifs is 1. The van der Waals surface area contributed by atoms with E-state index in [-0.39, 0.29) is 11.0 Å². The summed E-state index contributed by atoms with van der Waals surface area (Å²) in [5.74, 6) is 0.770. The van der Waals surface area contributed by atoms with Crippen molar-refractivity contribution in [3.05, 3.63) is 34.5 Å². The molecule has 1 fully saturated rings. The second-order valence-electron chi connectivity index (χ2n) is 5.62. The molecule has 0 radical (unpaired) electrons. The minimum atomic E-state index is 0.0146. The Morgan fingerprint density at radius 2 is 2.15 bits per heavy atom. The van der Waals surface area contributed by atoms with Crippen LogP contribution in [-0.4, -0.2) is 33.1 Å². The Balaban J connectivity index is 1.97. The van der Waals surface area contributed by atoms with Crippen molar-refractivity contribution >= 4 is 18.1 Å². The Bertz CT molecular complexity index is 671. The van der Waals surface area contributed by atoms with Gasteiger partial charge in [-0.25, -0.2) is 4.52 Å². The molecule has 0 amide bonds. The van der Waals surface area contributed by atoms with Crippen molar-refractivity contribution in [3.63, 3.8) is 0 Å². The Morgan fingerprint density at radius 1 is 1.40 bits per heavy atom. The molecule has 6 heteroatoms. The van der Waals surface area contributed by atoms with Gasteiger partial charge in [0.2, 0.25) is 0 Å². The first-order valence-corrected chi connectivity index (χ1v) is 7.51. The quantitative estimate of drug-likeness (QED) is 0.873. The van der Waals surface area contributed by atoms with Gasteiger partial charge in [-0.1, -0.05) is 0 Å². The number of aromatic nitrogens is 3. The van der Waals surface area contributed by atoms with Gasteiger partial charge < -0.3 is 9.30 Å². The van der Waals surface area contributed by atoms with Gasteiger partial charge >= 0.3 is 0 Å². The molecule has 0 aliphatic carbocycles. The van der Waals surface area contributed by atoms with Crippen LogP contribution in [0.1, 0.15) is 18.5 Å². The van der Waals surface area contributed by atoms with E-state index in [1.54, 1.807) is 9.08 Å². The molecule has 0 N–H and O–H groups in total. The number of ether oxygens (including phenoxy) is 1. The van der Waals surface area contributed by atoms with Gasteiger partial charge in [-0.05, 0) is 31.6 Å². The average molecular weight is 293 g/mol. The van der Waals surface area contributed by atoms with Crippen molar-refractivity contribution in [1.29, 1.82) is 0 Å². The van der Waals surface area contributed by atoms with Crippen molar-refractivity contribution in [1.82, 2.24) is 14.2 Å². The topological polar surface area (TPSA) is 48.5 Å². The summed E-state index contributed by atoms with van der Waals surface area (Å²) >= 11 is 4.50. The molecule has 2 aromatic rings. The first-order valence-electron chi connectivity index (χ1n) is 6.88. The zero-order valence-corrected chi connectivity index (χ0v) is 12.5. The number of rotatable bonds is 3. The Hall–Kier alpha value is -1.27. The summed E-state index contributed by atoms with van der Waals surface area (Å²) < 4.78 is 8.87. The number of hydrogen-bond donors (Lipinski definition) is 1. The summed E-state index contributed by atoms with van der Waals surface area (Å²) in [6.45, 7) is 4.09. The third kappa shape index (κ3) is 2.38. The SMILES string of the molecule is Cc1cc2c(=O)n(CC3(CS)CCOCC3)ccn2n1. The molecule has 0 bridgehead atoms. The van der Waals surface area contributed by atoms with E-state index < -0.39 is 0 Å². The van der Waals surface area contributed by atoms with Gasteiger partial charge in [0, 0.05) is 37.6 Å². The molecule has 1 aliphatic rings. The molecule has 1 aliphatic heterocycles. The van der Waals surface area contributed by atoms with Crippen LogP contribution in [0.4, 0.5) is 0 Å². The summed E-state index contributed by atoms with van der Waals surface area (Å²) in [6.07, 6.45) is 5.57. The monoisotopic (exact) mass is 293 g/mol. The molecule has 0 atom stereocenters. The largest absolute Gasteiger partial charge is 0.381 e. The van der Waals surface area contributed by atoms with Gasteiger partial charge in [0.25, 0.3) is 5.56 Å². The fourth-order valence-corrected chi connectivity index (χ4v) is 3.22. The van der Waals surface area contributed by atoms with E-state index in [9.17, 15) is 4.79 Å². The maximum atomic E-state index is 12.5. The van der Waals surface area contributed by atoms with Gasteiger partial charge in [0.1, 0.15) is 5.52 Å². The Morgan fingerprint density at radius 3 is 2.85 bits per heavy atom. The van der Waals surface area contributed by atoms with Crippen molar-refractivity contribution in [2.75, 3.05) is 19.0 Å². The molecule has 0 aromatic carbocycles. The average Bonchev–Trinajstić information content (AvgIpc) is 2.85. The summed E-state index contributed by atoms with van der Waals surface area (Å²) in [5, 5.41) is 4.27. The van der Waals surface area contributed by atoms with E-state index in [0.717, 1.165) is 37.5 Å². The van der Waals surface area contributed by atoms with Crippen LogP contribution < -0.4 is 5.56 Å². The van der Waals surface area contributed by atoms with Crippen LogP contribution in [0.25, 0.3) is 5.52 Å². The second-order valence-corrected chi connectivity index (χ2v) is 5.93. The molecule has 0 unspecified atom stereocenters. The molecule has 3 rings (SSSR count). The van der Waals surface area contributed by atoms with Crippen LogP contribution in [0.3, 0.4) is 0 Å². The lowest BCUT2D eigenvalue weighted by Gasteiger charge is -2.36. The maximum Gasteiger partial charge on any atom is 0.276 e. The number of nitrogens with zero attached hydrogens (tertiary/aromatic N) is 3. The summed E-state index contributed by atoms with van der Waals surface area (Å²) in [5.41, 5.74) is 1.56. The third-order valence-electron chi connectivity index (χ3n) is 4.12. The van der Waals surface area contributed by atoms with Gasteiger partial charge in [-0.3, -0.25) is 4.79 Å². The summed E-state index contributed by atoms with van der Waals surface area (Å²) in [6, 6.07) is 1.83. The van der Waals surface area contributed by atoms with Crippen LogP contribution in [-0.2, 0) is 11.3 Å². The first kappa shape index (κ1) is 13.7. The highest BCUT2D eigenvalue weighted by atomic mass is 32.1. The fourth-order valence-electron chi connectivity index (χ4n) is 2.80. The molecule has 3 heterocycles. The lowest BCUT2D eigenvalue weighted by atomic mass is 9.82. The van der Waals surface area contributed by atoms with Crippen molar-refractivity contribution < 1.29 is 4.74 Å². The molecule has 0 spiro atoms. The molecular weight excluding hydrogens is 274 g/mol. The smallest absolute Gasteiger partial charge is 0.276 e. The highest BCUT2D eigenvalue weighted by Gasteiger charge is 2.32. The van der Waals surface area contributed by atoms with Crippen LogP contribution in [0.15, 0.2) is 23.3 Å². The van der Waals surface area contributed by atoms with Gasteiger partial charge in [0.05, 0.1) is 5.69 Å². The standard InChI is InChI=1S/C14H19N3O2S/c1-11-8-12-13(18)16(4-5-17(12)15-11)9-14(10-20)2-6-19-7-3-14/h4-5,8,20H,2-3,6-7,9-10H2,1H3. The number of hydrogen-bond acceptors (Lipinski definition) is 4. The molecule has 1 saturated heterocycles. The van der Waals surface area contributed by atoms with Gasteiger partial charge in [-0.15, -0.1) is 0 Å². The normalized spacial score (nSPS) is 18.5. The van der Waals surface area contributed by atoms with Crippen molar-refractivity contribution in [3.8, 4) is 0 Å². The zero-order chi connectivity index (χ0) is 14.2. The molecule has 0 saturated carbocycles. The van der Waals surface area contributed by atoms with Crippen molar-refractivity contribution in [2.45, 2.75) is 26.3 Å². The highest BCUT2D eigenvalue weighted by molar-refractivity contribution is 7.80. The summed E-state index contributed by atoms with van der Waals surface area (Å²) in [4.78, 5) is 12.5. The van der Waals surface area contributed by atoms with Gasteiger partial charge in [-0.2, -0.15) is 17.7 Å². The third-order valence-corrected chi connectivity index (χ3v) is 4.79. The molecule has 20 heavy (non-hydrogen) atoms. The lowest BCUT2D eigenvalue weighted by Crippen LogP contribution is -2.38. The van der Waals surface area contributed by atoms with E-state index in [1.165, 1.54) is 0 Å². The van der Waals surface area contributed by atoms with E-state index in [4.69, 9.17) is 4.74 Å². The predicted octanol–water partition coefficient (Wildman–Crippen LogP) is 1.53. The zero-order valence-electron chi connectivity index (χ0n) is 11.6. The number of aryl methyl sites for hydroxylation is 1. The van der Waals surface area contributed by atoms with E-state index in [1.807, 2.05) is 25.4 Å². The molecule has 5 nitrogen and oxygen atoms in total. The molecule has 108 valence electrons. The molecular formula is C14H19N3O2S. The van der Waals surface area contributed by atoms with E-state index in [0.29, 0.717) is 12.1 Å². The van der Waals surface area contributed by atoms with Crippen molar-refractivity contribution in [2.24, 2.45) is 5.41 Å². The molecule has 2 aromatic heterocycles.